The summed E-state index contributed by atoms with van der Waals surface area (Å²) in [6.45, 7) is 0.584. The number of hydrogen-bond acceptors (Lipinski definition) is 3. The van der Waals surface area contributed by atoms with Crippen LogP contribution in [0.15, 0.2) is 18.2 Å². The lowest BCUT2D eigenvalue weighted by molar-refractivity contribution is -0.159. The Morgan fingerprint density at radius 1 is 1.24 bits per heavy atom. The van der Waals surface area contributed by atoms with Crippen molar-refractivity contribution >= 4 is 35.1 Å². The van der Waals surface area contributed by atoms with Gasteiger partial charge in [0, 0.05) is 29.1 Å². The lowest BCUT2D eigenvalue weighted by Gasteiger charge is -2.33. The van der Waals surface area contributed by atoms with Gasteiger partial charge in [-0.1, -0.05) is 48.5 Å². The Labute approximate surface area is 158 Å². The minimum Gasteiger partial charge on any atom is -0.468 e. The highest BCUT2D eigenvalue weighted by Gasteiger charge is 2.55. The maximum Gasteiger partial charge on any atom is 0.321 e. The highest BCUT2D eigenvalue weighted by molar-refractivity contribution is 6.36. The fraction of sp³-hybridized carbons (Fsp3) is 0.579. The van der Waals surface area contributed by atoms with Gasteiger partial charge in [-0.2, -0.15) is 0 Å². The van der Waals surface area contributed by atoms with Gasteiger partial charge in [-0.15, -0.1) is 0 Å². The minimum absolute atomic E-state index is 0.137. The zero-order valence-corrected chi connectivity index (χ0v) is 15.9. The molecule has 2 aliphatic rings. The number of methoxy groups -OCH3 is 1. The zero-order valence-electron chi connectivity index (χ0n) is 14.4. The summed E-state index contributed by atoms with van der Waals surface area (Å²) in [5.41, 5.74) is -0.587. The Morgan fingerprint density at radius 3 is 2.48 bits per heavy atom. The first-order valence-electron chi connectivity index (χ1n) is 8.82. The molecular formula is C19H23Cl2NO3. The molecule has 1 heterocycles. The predicted octanol–water partition coefficient (Wildman–Crippen LogP) is 4.26. The quantitative estimate of drug-likeness (QED) is 0.576. The molecule has 0 bridgehead atoms. The van der Waals surface area contributed by atoms with Crippen molar-refractivity contribution in [1.29, 1.82) is 0 Å². The van der Waals surface area contributed by atoms with Crippen molar-refractivity contribution < 1.29 is 14.3 Å². The molecule has 136 valence electrons. The summed E-state index contributed by atoms with van der Waals surface area (Å²) >= 11 is 12.6. The first-order chi connectivity index (χ1) is 12.0. The fourth-order valence-electron chi connectivity index (χ4n) is 4.16. The monoisotopic (exact) mass is 383 g/mol. The van der Waals surface area contributed by atoms with Crippen molar-refractivity contribution in [1.82, 2.24) is 4.90 Å². The van der Waals surface area contributed by atoms with Crippen LogP contribution in [0.25, 0.3) is 0 Å². The Kier molecular flexibility index (Phi) is 5.59. The molecule has 1 aliphatic heterocycles. The van der Waals surface area contributed by atoms with Crippen LogP contribution >= 0.6 is 23.2 Å². The van der Waals surface area contributed by atoms with Gasteiger partial charge in [0.1, 0.15) is 0 Å². The van der Waals surface area contributed by atoms with Gasteiger partial charge in [-0.05, 0) is 37.0 Å². The molecule has 3 rings (SSSR count). The number of carbonyl (C=O) groups is 2. The van der Waals surface area contributed by atoms with Crippen LogP contribution in [0.4, 0.5) is 0 Å². The average Bonchev–Trinajstić information content (AvgIpc) is 2.96. The molecule has 25 heavy (non-hydrogen) atoms. The third-order valence-electron chi connectivity index (χ3n) is 5.58. The van der Waals surface area contributed by atoms with Gasteiger partial charge in [0.05, 0.1) is 7.11 Å². The Morgan fingerprint density at radius 2 is 1.88 bits per heavy atom. The number of amides is 1. The van der Waals surface area contributed by atoms with Gasteiger partial charge in [-0.3, -0.25) is 9.59 Å². The van der Waals surface area contributed by atoms with Gasteiger partial charge in [0.25, 0.3) is 0 Å². The molecule has 2 fully saturated rings. The van der Waals surface area contributed by atoms with E-state index < -0.39 is 11.4 Å². The van der Waals surface area contributed by atoms with Gasteiger partial charge in [-0.25, -0.2) is 0 Å². The summed E-state index contributed by atoms with van der Waals surface area (Å²) in [6.07, 6.45) is 6.13. The van der Waals surface area contributed by atoms with E-state index in [2.05, 4.69) is 0 Å². The van der Waals surface area contributed by atoms with Crippen LogP contribution in [0, 0.1) is 5.41 Å². The number of hydrogen-bond donors (Lipinski definition) is 0. The van der Waals surface area contributed by atoms with E-state index in [-0.39, 0.29) is 18.4 Å². The minimum atomic E-state index is -1.22. The summed E-state index contributed by atoms with van der Waals surface area (Å²) in [5.74, 6) is -0.631. The van der Waals surface area contributed by atoms with Crippen LogP contribution < -0.4 is 0 Å². The molecule has 1 aromatic carbocycles. The number of rotatable bonds is 4. The number of esters is 1. The van der Waals surface area contributed by atoms with Crippen LogP contribution in [0.5, 0.6) is 0 Å². The van der Waals surface area contributed by atoms with E-state index in [1.807, 2.05) is 4.90 Å². The van der Waals surface area contributed by atoms with Crippen molar-refractivity contribution in [2.24, 2.45) is 5.41 Å². The molecule has 1 atom stereocenters. The van der Waals surface area contributed by atoms with Gasteiger partial charge in [0.2, 0.25) is 5.91 Å². The SMILES string of the molecule is COC(=O)C1(Cc2c(Cl)cccc2Cl)CCN(C2CCCCC2)C1=O. The summed E-state index contributed by atoms with van der Waals surface area (Å²) in [4.78, 5) is 27.8. The Bertz CT molecular complexity index is 652. The summed E-state index contributed by atoms with van der Waals surface area (Å²) in [6, 6.07) is 5.44. The highest BCUT2D eigenvalue weighted by atomic mass is 35.5. The molecule has 1 unspecified atom stereocenters. The van der Waals surface area contributed by atoms with Gasteiger partial charge >= 0.3 is 5.97 Å². The number of nitrogens with zero attached hydrogens (tertiary/aromatic N) is 1. The topological polar surface area (TPSA) is 46.6 Å². The Balaban J connectivity index is 1.92. The lowest BCUT2D eigenvalue weighted by Crippen LogP contribution is -2.46. The molecule has 1 aromatic rings. The summed E-state index contributed by atoms with van der Waals surface area (Å²) in [5, 5.41) is 0.944. The van der Waals surface area contributed by atoms with E-state index in [0.29, 0.717) is 28.6 Å². The molecular weight excluding hydrogens is 361 g/mol. The number of halogens is 2. The second-order valence-corrected chi connectivity index (χ2v) is 7.81. The first-order valence-corrected chi connectivity index (χ1v) is 9.57. The normalized spacial score (nSPS) is 24.6. The van der Waals surface area contributed by atoms with Crippen molar-refractivity contribution in [2.75, 3.05) is 13.7 Å². The summed E-state index contributed by atoms with van der Waals surface area (Å²) in [7, 11) is 1.33. The number of benzene rings is 1. The van der Waals surface area contributed by atoms with Crippen molar-refractivity contribution in [3.05, 3.63) is 33.8 Å². The van der Waals surface area contributed by atoms with E-state index >= 15 is 0 Å². The van der Waals surface area contributed by atoms with Gasteiger partial charge < -0.3 is 9.64 Å². The molecule has 1 saturated carbocycles. The number of ether oxygens (including phenoxy) is 1. The lowest BCUT2D eigenvalue weighted by atomic mass is 9.79. The van der Waals surface area contributed by atoms with Crippen LogP contribution in [-0.2, 0) is 20.7 Å². The molecule has 1 amide bonds. The largest absolute Gasteiger partial charge is 0.468 e. The second-order valence-electron chi connectivity index (χ2n) is 6.99. The standard InChI is InChI=1S/C19H23Cl2NO3/c1-25-18(24)19(12-14-15(20)8-5-9-16(14)21)10-11-22(17(19)23)13-6-3-2-4-7-13/h5,8-9,13H,2-4,6-7,10-12H2,1H3. The molecule has 1 aliphatic carbocycles. The molecule has 0 aromatic heterocycles. The number of carbonyl (C=O) groups excluding carboxylic acids is 2. The summed E-state index contributed by atoms with van der Waals surface area (Å²) < 4.78 is 5.02. The van der Waals surface area contributed by atoms with Crippen LogP contribution in [0.1, 0.15) is 44.1 Å². The molecule has 1 saturated heterocycles. The first kappa shape index (κ1) is 18.5. The number of likely N-dealkylation sites (tertiary alicyclic amines) is 1. The molecule has 0 N–H and O–H groups in total. The predicted molar refractivity (Wildman–Crippen MR) is 97.8 cm³/mol. The Hall–Kier alpha value is -1.26. The third-order valence-corrected chi connectivity index (χ3v) is 6.29. The fourth-order valence-corrected chi connectivity index (χ4v) is 4.69. The van der Waals surface area contributed by atoms with Crippen LogP contribution in [0.2, 0.25) is 10.0 Å². The maximum atomic E-state index is 13.3. The van der Waals surface area contributed by atoms with Crippen molar-refractivity contribution in [2.45, 2.75) is 51.0 Å². The van der Waals surface area contributed by atoms with Crippen molar-refractivity contribution in [3.63, 3.8) is 0 Å². The third kappa shape index (κ3) is 3.39. The maximum absolute atomic E-state index is 13.3. The second kappa shape index (κ2) is 7.55. The highest BCUT2D eigenvalue weighted by Crippen LogP contribution is 2.42. The van der Waals surface area contributed by atoms with Gasteiger partial charge in [0.15, 0.2) is 5.41 Å². The molecule has 0 radical (unpaired) electrons. The van der Waals surface area contributed by atoms with Crippen molar-refractivity contribution in [3.8, 4) is 0 Å². The van der Waals surface area contributed by atoms with E-state index in [1.54, 1.807) is 18.2 Å². The average molecular weight is 384 g/mol. The van der Waals surface area contributed by atoms with Crippen LogP contribution in [-0.4, -0.2) is 36.5 Å². The molecule has 6 heteroatoms. The van der Waals surface area contributed by atoms with E-state index in [1.165, 1.54) is 13.5 Å². The van der Waals surface area contributed by atoms with E-state index in [4.69, 9.17) is 27.9 Å². The van der Waals surface area contributed by atoms with E-state index in [0.717, 1.165) is 25.7 Å². The van der Waals surface area contributed by atoms with Crippen LogP contribution in [0.3, 0.4) is 0 Å². The molecule has 0 spiro atoms. The van der Waals surface area contributed by atoms with E-state index in [9.17, 15) is 9.59 Å². The zero-order chi connectivity index (χ0) is 18.0. The molecule has 4 nitrogen and oxygen atoms in total. The smallest absolute Gasteiger partial charge is 0.321 e.